The van der Waals surface area contributed by atoms with Gasteiger partial charge in [0, 0.05) is 11.6 Å². The van der Waals surface area contributed by atoms with E-state index < -0.39 is 11.2 Å². The fourth-order valence-electron chi connectivity index (χ4n) is 1.95. The van der Waals surface area contributed by atoms with Crippen molar-refractivity contribution in [2.45, 2.75) is 5.38 Å². The van der Waals surface area contributed by atoms with Gasteiger partial charge < -0.3 is 9.47 Å². The van der Waals surface area contributed by atoms with Crippen LogP contribution in [0.3, 0.4) is 0 Å². The van der Waals surface area contributed by atoms with Gasteiger partial charge in [0.05, 0.1) is 29.6 Å². The second kappa shape index (κ2) is 6.73. The third kappa shape index (κ3) is 3.20. The average Bonchev–Trinajstić information content (AvgIpc) is 2.49. The molecule has 0 N–H and O–H groups in total. The highest BCUT2D eigenvalue weighted by Crippen LogP contribution is 2.41. The largest absolute Gasteiger partial charge is 0.493 e. The first-order valence-corrected chi connectivity index (χ1v) is 7.18. The highest BCUT2D eigenvalue weighted by atomic mass is 35.5. The zero-order valence-electron chi connectivity index (χ0n) is 11.3. The van der Waals surface area contributed by atoms with Crippen LogP contribution in [0.4, 0.5) is 4.39 Å². The van der Waals surface area contributed by atoms with Crippen molar-refractivity contribution in [3.05, 3.63) is 57.3 Å². The Morgan fingerprint density at radius 3 is 2.24 bits per heavy atom. The highest BCUT2D eigenvalue weighted by Gasteiger charge is 2.21. The van der Waals surface area contributed by atoms with E-state index in [-0.39, 0.29) is 5.56 Å². The molecule has 0 radical (unpaired) electrons. The summed E-state index contributed by atoms with van der Waals surface area (Å²) in [6, 6.07) is 7.76. The second-order valence-corrected chi connectivity index (χ2v) is 5.46. The summed E-state index contributed by atoms with van der Waals surface area (Å²) in [5.74, 6) is 0.168. The lowest BCUT2D eigenvalue weighted by atomic mass is 10.0. The third-order valence-corrected chi connectivity index (χ3v) is 4.33. The quantitative estimate of drug-likeness (QED) is 0.681. The van der Waals surface area contributed by atoms with Crippen LogP contribution in [0, 0.1) is 5.82 Å². The SMILES string of the molecule is COc1cc(F)c(C(Cl)c2cccc(Cl)c2Cl)cc1OC. The van der Waals surface area contributed by atoms with E-state index in [1.54, 1.807) is 18.2 Å². The van der Waals surface area contributed by atoms with Crippen molar-refractivity contribution in [1.29, 1.82) is 0 Å². The molecule has 6 heteroatoms. The standard InChI is InChI=1S/C15H12Cl3FO2/c1-20-12-6-9(11(19)7-13(12)21-2)14(17)8-4-3-5-10(16)15(8)18/h3-7,14H,1-2H3. The molecule has 0 saturated heterocycles. The third-order valence-electron chi connectivity index (χ3n) is 3.03. The van der Waals surface area contributed by atoms with Crippen LogP contribution in [0.25, 0.3) is 0 Å². The maximum atomic E-state index is 14.2. The van der Waals surface area contributed by atoms with Gasteiger partial charge in [-0.2, -0.15) is 0 Å². The van der Waals surface area contributed by atoms with E-state index >= 15 is 0 Å². The Morgan fingerprint density at radius 1 is 1.00 bits per heavy atom. The number of hydrogen-bond acceptors (Lipinski definition) is 2. The summed E-state index contributed by atoms with van der Waals surface area (Å²) in [4.78, 5) is 0. The fourth-order valence-corrected chi connectivity index (χ4v) is 2.77. The smallest absolute Gasteiger partial charge is 0.163 e. The molecule has 0 heterocycles. The van der Waals surface area contributed by atoms with Gasteiger partial charge in [-0.15, -0.1) is 11.6 Å². The molecule has 2 nitrogen and oxygen atoms in total. The van der Waals surface area contributed by atoms with Gasteiger partial charge in [-0.3, -0.25) is 0 Å². The molecule has 0 aliphatic heterocycles. The van der Waals surface area contributed by atoms with Gasteiger partial charge >= 0.3 is 0 Å². The number of alkyl halides is 1. The average molecular weight is 350 g/mol. The zero-order valence-corrected chi connectivity index (χ0v) is 13.6. The maximum Gasteiger partial charge on any atom is 0.163 e. The molecule has 112 valence electrons. The van der Waals surface area contributed by atoms with Crippen molar-refractivity contribution in [3.8, 4) is 11.5 Å². The van der Waals surface area contributed by atoms with E-state index in [4.69, 9.17) is 44.3 Å². The van der Waals surface area contributed by atoms with Crippen LogP contribution in [0.1, 0.15) is 16.5 Å². The Morgan fingerprint density at radius 2 is 1.62 bits per heavy atom. The molecular formula is C15H12Cl3FO2. The lowest BCUT2D eigenvalue weighted by molar-refractivity contribution is 0.351. The molecule has 0 saturated carbocycles. The van der Waals surface area contributed by atoms with E-state index in [0.29, 0.717) is 27.1 Å². The monoisotopic (exact) mass is 348 g/mol. The van der Waals surface area contributed by atoms with Gasteiger partial charge in [0.15, 0.2) is 11.5 Å². The van der Waals surface area contributed by atoms with Gasteiger partial charge in [-0.1, -0.05) is 35.3 Å². The van der Waals surface area contributed by atoms with Crippen LogP contribution in [-0.2, 0) is 0 Å². The zero-order chi connectivity index (χ0) is 15.6. The molecular weight excluding hydrogens is 338 g/mol. The summed E-state index contributed by atoms with van der Waals surface area (Å²) in [5.41, 5.74) is 0.760. The molecule has 0 spiro atoms. The molecule has 0 amide bonds. The number of methoxy groups -OCH3 is 2. The van der Waals surface area contributed by atoms with E-state index in [9.17, 15) is 4.39 Å². The van der Waals surface area contributed by atoms with Crippen LogP contribution in [0.15, 0.2) is 30.3 Å². The predicted molar refractivity (Wildman–Crippen MR) is 83.7 cm³/mol. The van der Waals surface area contributed by atoms with Gasteiger partial charge in [0.2, 0.25) is 0 Å². The summed E-state index contributed by atoms with van der Waals surface area (Å²) in [6.07, 6.45) is 0. The Labute approximate surface area is 137 Å². The lowest BCUT2D eigenvalue weighted by Crippen LogP contribution is -2.01. The van der Waals surface area contributed by atoms with E-state index in [0.717, 1.165) is 0 Å². The fraction of sp³-hybridized carbons (Fsp3) is 0.200. The minimum absolute atomic E-state index is 0.235. The number of rotatable bonds is 4. The summed E-state index contributed by atoms with van der Waals surface area (Å²) in [5, 5.41) is -0.134. The van der Waals surface area contributed by atoms with Crippen LogP contribution in [-0.4, -0.2) is 14.2 Å². The number of ether oxygens (including phenoxy) is 2. The summed E-state index contributed by atoms with van der Waals surface area (Å²) in [6.45, 7) is 0. The minimum Gasteiger partial charge on any atom is -0.493 e. The molecule has 2 aromatic rings. The summed E-state index contributed by atoms with van der Waals surface area (Å²) >= 11 is 18.4. The first-order chi connectivity index (χ1) is 9.99. The Hall–Kier alpha value is -1.16. The highest BCUT2D eigenvalue weighted by molar-refractivity contribution is 6.43. The number of halogens is 4. The first-order valence-electron chi connectivity index (χ1n) is 5.99. The summed E-state index contributed by atoms with van der Waals surface area (Å²) in [7, 11) is 2.90. The molecule has 0 aliphatic carbocycles. The van der Waals surface area contributed by atoms with E-state index in [2.05, 4.69) is 0 Å². The molecule has 1 unspecified atom stereocenters. The molecule has 0 aromatic heterocycles. The molecule has 0 fully saturated rings. The van der Waals surface area contributed by atoms with Gasteiger partial charge in [0.25, 0.3) is 0 Å². The molecule has 2 rings (SSSR count). The van der Waals surface area contributed by atoms with Crippen molar-refractivity contribution >= 4 is 34.8 Å². The lowest BCUT2D eigenvalue weighted by Gasteiger charge is -2.16. The van der Waals surface area contributed by atoms with E-state index in [1.807, 2.05) is 0 Å². The molecule has 2 aromatic carbocycles. The molecule has 0 aliphatic rings. The van der Waals surface area contributed by atoms with Gasteiger partial charge in [-0.25, -0.2) is 4.39 Å². The second-order valence-electron chi connectivity index (χ2n) is 4.23. The Bertz CT molecular complexity index is 662. The topological polar surface area (TPSA) is 18.5 Å². The first kappa shape index (κ1) is 16.2. The van der Waals surface area contributed by atoms with Crippen molar-refractivity contribution in [2.75, 3.05) is 14.2 Å². The van der Waals surface area contributed by atoms with Crippen LogP contribution in [0.5, 0.6) is 11.5 Å². The molecule has 1 atom stereocenters. The van der Waals surface area contributed by atoms with Crippen molar-refractivity contribution in [1.82, 2.24) is 0 Å². The van der Waals surface area contributed by atoms with Crippen molar-refractivity contribution in [2.24, 2.45) is 0 Å². The number of benzene rings is 2. The van der Waals surface area contributed by atoms with Crippen LogP contribution < -0.4 is 9.47 Å². The molecule has 21 heavy (non-hydrogen) atoms. The van der Waals surface area contributed by atoms with Gasteiger partial charge in [0.1, 0.15) is 5.82 Å². The van der Waals surface area contributed by atoms with Crippen molar-refractivity contribution < 1.29 is 13.9 Å². The van der Waals surface area contributed by atoms with Crippen LogP contribution >= 0.6 is 34.8 Å². The van der Waals surface area contributed by atoms with Crippen LogP contribution in [0.2, 0.25) is 10.0 Å². The normalized spacial score (nSPS) is 12.1. The van der Waals surface area contributed by atoms with Gasteiger partial charge in [-0.05, 0) is 17.7 Å². The van der Waals surface area contributed by atoms with Crippen molar-refractivity contribution in [3.63, 3.8) is 0 Å². The predicted octanol–water partition coefficient (Wildman–Crippen LogP) is 5.48. The summed E-state index contributed by atoms with van der Waals surface area (Å²) < 4.78 is 24.4. The maximum absolute atomic E-state index is 14.2. The molecule has 0 bridgehead atoms. The Balaban J connectivity index is 2.53. The Kier molecular flexibility index (Phi) is 5.20. The van der Waals surface area contributed by atoms with E-state index in [1.165, 1.54) is 26.4 Å². The number of hydrogen-bond donors (Lipinski definition) is 0. The minimum atomic E-state index is -0.795.